The van der Waals surface area contributed by atoms with Gasteiger partial charge in [-0.25, -0.2) is 0 Å². The van der Waals surface area contributed by atoms with E-state index in [1.807, 2.05) is 0 Å². The van der Waals surface area contributed by atoms with Crippen molar-refractivity contribution in [3.8, 4) is 0 Å². The zero-order valence-electron chi connectivity index (χ0n) is 12.3. The first-order valence-corrected chi connectivity index (χ1v) is 7.95. The number of likely N-dealkylation sites (N-methyl/N-ethyl adjacent to an activating group) is 1. The van der Waals surface area contributed by atoms with Crippen LogP contribution >= 0.6 is 0 Å². The highest BCUT2D eigenvalue weighted by Gasteiger charge is 2.22. The van der Waals surface area contributed by atoms with E-state index in [0.717, 1.165) is 12.1 Å². The van der Waals surface area contributed by atoms with Gasteiger partial charge in [0, 0.05) is 18.6 Å². The minimum atomic E-state index is 0.745. The molecule has 18 heavy (non-hydrogen) atoms. The Morgan fingerprint density at radius 1 is 1.11 bits per heavy atom. The lowest BCUT2D eigenvalue weighted by Gasteiger charge is -2.33. The van der Waals surface area contributed by atoms with Crippen molar-refractivity contribution >= 4 is 0 Å². The third-order valence-corrected chi connectivity index (χ3v) is 4.78. The van der Waals surface area contributed by atoms with E-state index in [9.17, 15) is 0 Å². The standard InChI is InChI=1S/C15H31N3/c1-3-18-11-6-8-15(9-12-18)17(2)13-14-7-4-5-10-16-14/h14-16H,3-13H2,1-2H3. The average molecular weight is 253 g/mol. The van der Waals surface area contributed by atoms with E-state index in [-0.39, 0.29) is 0 Å². The summed E-state index contributed by atoms with van der Waals surface area (Å²) in [5.41, 5.74) is 0. The smallest absolute Gasteiger partial charge is 0.0195 e. The maximum atomic E-state index is 3.67. The molecular weight excluding hydrogens is 222 g/mol. The number of hydrogen-bond donors (Lipinski definition) is 1. The SMILES string of the molecule is CCN1CCCC(N(C)CC2CCCCN2)CC1. The van der Waals surface area contributed by atoms with E-state index in [1.54, 1.807) is 0 Å². The van der Waals surface area contributed by atoms with Crippen molar-refractivity contribution in [3.05, 3.63) is 0 Å². The summed E-state index contributed by atoms with van der Waals surface area (Å²) in [6.07, 6.45) is 8.28. The third kappa shape index (κ3) is 4.22. The monoisotopic (exact) mass is 253 g/mol. The fourth-order valence-electron chi connectivity index (χ4n) is 3.47. The van der Waals surface area contributed by atoms with Crippen LogP contribution in [0.15, 0.2) is 0 Å². The molecule has 0 aromatic heterocycles. The number of nitrogens with zero attached hydrogens (tertiary/aromatic N) is 2. The molecule has 2 atom stereocenters. The van der Waals surface area contributed by atoms with Gasteiger partial charge < -0.3 is 15.1 Å². The Balaban J connectivity index is 1.75. The lowest BCUT2D eigenvalue weighted by Crippen LogP contribution is -2.45. The van der Waals surface area contributed by atoms with Gasteiger partial charge in [0.1, 0.15) is 0 Å². The Labute approximate surface area is 113 Å². The third-order valence-electron chi connectivity index (χ3n) is 4.78. The number of piperidine rings is 1. The number of nitrogens with one attached hydrogen (secondary N) is 1. The predicted molar refractivity (Wildman–Crippen MR) is 78.0 cm³/mol. The number of rotatable bonds is 4. The predicted octanol–water partition coefficient (Wildman–Crippen LogP) is 1.93. The molecule has 2 fully saturated rings. The first-order valence-electron chi connectivity index (χ1n) is 7.95. The quantitative estimate of drug-likeness (QED) is 0.826. The van der Waals surface area contributed by atoms with E-state index in [4.69, 9.17) is 0 Å². The fraction of sp³-hybridized carbons (Fsp3) is 1.00. The van der Waals surface area contributed by atoms with Crippen LogP contribution in [0.25, 0.3) is 0 Å². The summed E-state index contributed by atoms with van der Waals surface area (Å²) in [5, 5.41) is 3.67. The highest BCUT2D eigenvalue weighted by atomic mass is 15.2. The Hall–Kier alpha value is -0.120. The summed E-state index contributed by atoms with van der Waals surface area (Å²) >= 11 is 0. The summed E-state index contributed by atoms with van der Waals surface area (Å²) in [5.74, 6) is 0. The van der Waals surface area contributed by atoms with Crippen molar-refractivity contribution in [1.82, 2.24) is 15.1 Å². The van der Waals surface area contributed by atoms with Crippen molar-refractivity contribution in [2.45, 2.75) is 57.5 Å². The van der Waals surface area contributed by atoms with E-state index in [0.29, 0.717) is 0 Å². The Morgan fingerprint density at radius 3 is 2.72 bits per heavy atom. The Bertz CT molecular complexity index is 226. The van der Waals surface area contributed by atoms with Gasteiger partial charge in [-0.05, 0) is 65.3 Å². The van der Waals surface area contributed by atoms with E-state index >= 15 is 0 Å². The van der Waals surface area contributed by atoms with Crippen molar-refractivity contribution < 1.29 is 0 Å². The molecule has 3 nitrogen and oxygen atoms in total. The maximum absolute atomic E-state index is 3.67. The van der Waals surface area contributed by atoms with Crippen LogP contribution in [0.3, 0.4) is 0 Å². The molecular formula is C15H31N3. The highest BCUT2D eigenvalue weighted by Crippen LogP contribution is 2.17. The van der Waals surface area contributed by atoms with E-state index < -0.39 is 0 Å². The van der Waals surface area contributed by atoms with Crippen LogP contribution in [-0.4, -0.2) is 61.7 Å². The molecule has 0 aromatic carbocycles. The Kier molecular flexibility index (Phi) is 5.93. The summed E-state index contributed by atoms with van der Waals surface area (Å²) in [6, 6.07) is 1.56. The van der Waals surface area contributed by atoms with Gasteiger partial charge in [0.25, 0.3) is 0 Å². The molecule has 0 aliphatic carbocycles. The van der Waals surface area contributed by atoms with Crippen LogP contribution in [0.2, 0.25) is 0 Å². The summed E-state index contributed by atoms with van der Waals surface area (Å²) in [7, 11) is 2.34. The zero-order chi connectivity index (χ0) is 12.8. The molecule has 0 radical (unpaired) electrons. The van der Waals surface area contributed by atoms with Crippen LogP contribution in [-0.2, 0) is 0 Å². The van der Waals surface area contributed by atoms with Crippen molar-refractivity contribution in [2.24, 2.45) is 0 Å². The molecule has 2 aliphatic heterocycles. The fourth-order valence-corrected chi connectivity index (χ4v) is 3.47. The van der Waals surface area contributed by atoms with Crippen LogP contribution in [0, 0.1) is 0 Å². The molecule has 0 bridgehead atoms. The molecule has 0 saturated carbocycles. The van der Waals surface area contributed by atoms with Gasteiger partial charge in [0.05, 0.1) is 0 Å². The van der Waals surface area contributed by atoms with Crippen LogP contribution in [0.1, 0.15) is 45.4 Å². The van der Waals surface area contributed by atoms with Gasteiger partial charge >= 0.3 is 0 Å². The van der Waals surface area contributed by atoms with Crippen LogP contribution in [0.5, 0.6) is 0 Å². The minimum Gasteiger partial charge on any atom is -0.313 e. The molecule has 2 saturated heterocycles. The van der Waals surface area contributed by atoms with Crippen LogP contribution < -0.4 is 5.32 Å². The molecule has 2 rings (SSSR count). The normalized spacial score (nSPS) is 31.5. The zero-order valence-corrected chi connectivity index (χ0v) is 12.3. The minimum absolute atomic E-state index is 0.745. The first-order chi connectivity index (χ1) is 8.79. The second-order valence-corrected chi connectivity index (χ2v) is 6.11. The van der Waals surface area contributed by atoms with Crippen molar-refractivity contribution in [2.75, 3.05) is 39.8 Å². The molecule has 0 aromatic rings. The molecule has 2 aliphatic rings. The van der Waals surface area contributed by atoms with Gasteiger partial charge in [-0.3, -0.25) is 0 Å². The summed E-state index contributed by atoms with van der Waals surface area (Å²) in [6.45, 7) is 8.59. The van der Waals surface area contributed by atoms with Crippen LogP contribution in [0.4, 0.5) is 0 Å². The average Bonchev–Trinajstić information content (AvgIpc) is 2.65. The first kappa shape index (κ1) is 14.3. The lowest BCUT2D eigenvalue weighted by atomic mass is 10.0. The summed E-state index contributed by atoms with van der Waals surface area (Å²) in [4.78, 5) is 5.23. The maximum Gasteiger partial charge on any atom is 0.0195 e. The molecule has 2 unspecified atom stereocenters. The second kappa shape index (κ2) is 7.46. The topological polar surface area (TPSA) is 18.5 Å². The summed E-state index contributed by atoms with van der Waals surface area (Å²) < 4.78 is 0. The number of hydrogen-bond acceptors (Lipinski definition) is 3. The van der Waals surface area contributed by atoms with Crippen molar-refractivity contribution in [3.63, 3.8) is 0 Å². The molecule has 106 valence electrons. The molecule has 1 N–H and O–H groups in total. The highest BCUT2D eigenvalue weighted by molar-refractivity contribution is 4.81. The Morgan fingerprint density at radius 2 is 2.00 bits per heavy atom. The molecule has 2 heterocycles. The molecule has 0 spiro atoms. The van der Waals surface area contributed by atoms with E-state index in [2.05, 4.69) is 29.1 Å². The van der Waals surface area contributed by atoms with Gasteiger partial charge in [-0.2, -0.15) is 0 Å². The van der Waals surface area contributed by atoms with Gasteiger partial charge in [0.2, 0.25) is 0 Å². The lowest BCUT2D eigenvalue weighted by molar-refractivity contribution is 0.185. The largest absolute Gasteiger partial charge is 0.313 e. The molecule has 3 heteroatoms. The van der Waals surface area contributed by atoms with Gasteiger partial charge in [0.15, 0.2) is 0 Å². The van der Waals surface area contributed by atoms with Crippen molar-refractivity contribution in [1.29, 1.82) is 0 Å². The van der Waals surface area contributed by atoms with E-state index in [1.165, 1.54) is 71.2 Å². The number of likely N-dealkylation sites (tertiary alicyclic amines) is 1. The molecule has 0 amide bonds. The second-order valence-electron chi connectivity index (χ2n) is 6.11. The van der Waals surface area contributed by atoms with Gasteiger partial charge in [-0.15, -0.1) is 0 Å². The van der Waals surface area contributed by atoms with Gasteiger partial charge in [-0.1, -0.05) is 13.3 Å².